The van der Waals surface area contributed by atoms with Crippen molar-refractivity contribution >= 4 is 0 Å². The van der Waals surface area contributed by atoms with Gasteiger partial charge in [0.05, 0.1) is 6.10 Å². The topological polar surface area (TPSA) is 21.3 Å². The van der Waals surface area contributed by atoms with E-state index in [0.717, 1.165) is 19.7 Å². The Morgan fingerprint density at radius 2 is 2.06 bits per heavy atom. The van der Waals surface area contributed by atoms with Crippen LogP contribution < -0.4 is 17.7 Å². The van der Waals surface area contributed by atoms with Crippen molar-refractivity contribution in [2.45, 2.75) is 32.4 Å². The average molecular weight is 241 g/mol. The molecule has 1 N–H and O–H groups in total. The molecule has 0 aromatic heterocycles. The summed E-state index contributed by atoms with van der Waals surface area (Å²) in [6.07, 6.45) is 2.87. The molecule has 0 bridgehead atoms. The van der Waals surface area contributed by atoms with Crippen molar-refractivity contribution < 1.29 is 17.1 Å². The van der Waals surface area contributed by atoms with Crippen LogP contribution in [0, 0.1) is 6.92 Å². The van der Waals surface area contributed by atoms with Gasteiger partial charge in [0.25, 0.3) is 0 Å². The van der Waals surface area contributed by atoms with E-state index < -0.39 is 0 Å². The normalized spacial score (nSPS) is 19.4. The standard InChI is InChI=1S/C13H19NO.ClH/c1-11-4-6-12(7-5-11)9-14-10-13-3-2-8-15-13;/h4-7,13-14H,2-3,8-10H2,1H3;1H/p-1. The highest BCUT2D eigenvalue weighted by Crippen LogP contribution is 2.10. The minimum Gasteiger partial charge on any atom is -1.00 e. The van der Waals surface area contributed by atoms with Crippen LogP contribution in [0.2, 0.25) is 0 Å². The van der Waals surface area contributed by atoms with Gasteiger partial charge in [-0.3, -0.25) is 0 Å². The van der Waals surface area contributed by atoms with Gasteiger partial charge in [-0.25, -0.2) is 0 Å². The lowest BCUT2D eigenvalue weighted by molar-refractivity contribution is -0.00000449. The van der Waals surface area contributed by atoms with Crippen molar-refractivity contribution in [2.75, 3.05) is 13.2 Å². The second kappa shape index (κ2) is 6.89. The fraction of sp³-hybridized carbons (Fsp3) is 0.538. The molecule has 2 rings (SSSR count). The fourth-order valence-electron chi connectivity index (χ4n) is 1.89. The van der Waals surface area contributed by atoms with E-state index in [1.807, 2.05) is 0 Å². The highest BCUT2D eigenvalue weighted by Gasteiger charge is 2.14. The van der Waals surface area contributed by atoms with Crippen LogP contribution in [0.5, 0.6) is 0 Å². The van der Waals surface area contributed by atoms with Gasteiger partial charge in [-0.15, -0.1) is 0 Å². The van der Waals surface area contributed by atoms with Crippen molar-refractivity contribution in [2.24, 2.45) is 0 Å². The monoisotopic (exact) mass is 240 g/mol. The highest BCUT2D eigenvalue weighted by molar-refractivity contribution is 5.21. The third kappa shape index (κ3) is 4.12. The summed E-state index contributed by atoms with van der Waals surface area (Å²) in [5.41, 5.74) is 2.66. The third-order valence-corrected chi connectivity index (χ3v) is 2.85. The molecule has 0 radical (unpaired) electrons. The lowest BCUT2D eigenvalue weighted by Gasteiger charge is -2.10. The minimum absolute atomic E-state index is 0. The molecule has 1 aliphatic rings. The molecule has 1 unspecified atom stereocenters. The lowest BCUT2D eigenvalue weighted by Crippen LogP contribution is -3.00. The molecule has 1 heterocycles. The molecule has 0 aliphatic carbocycles. The molecule has 1 aliphatic heterocycles. The smallest absolute Gasteiger partial charge is 0.0700 e. The molecule has 0 saturated carbocycles. The van der Waals surface area contributed by atoms with Gasteiger partial charge in [-0.2, -0.15) is 0 Å². The molecule has 1 fully saturated rings. The summed E-state index contributed by atoms with van der Waals surface area (Å²) in [5.74, 6) is 0. The summed E-state index contributed by atoms with van der Waals surface area (Å²) in [4.78, 5) is 0. The van der Waals surface area contributed by atoms with Gasteiger partial charge in [0.1, 0.15) is 0 Å². The van der Waals surface area contributed by atoms with Crippen LogP contribution in [-0.4, -0.2) is 19.3 Å². The van der Waals surface area contributed by atoms with Crippen LogP contribution in [0.4, 0.5) is 0 Å². The van der Waals surface area contributed by atoms with Crippen LogP contribution in [0.3, 0.4) is 0 Å². The maximum absolute atomic E-state index is 5.55. The van der Waals surface area contributed by atoms with E-state index in [9.17, 15) is 0 Å². The Labute approximate surface area is 104 Å². The Morgan fingerprint density at radius 1 is 1.31 bits per heavy atom. The summed E-state index contributed by atoms with van der Waals surface area (Å²) in [7, 11) is 0. The number of benzene rings is 1. The van der Waals surface area contributed by atoms with E-state index in [-0.39, 0.29) is 12.4 Å². The van der Waals surface area contributed by atoms with Crippen molar-refractivity contribution in [1.29, 1.82) is 0 Å². The molecule has 3 heteroatoms. The Kier molecular flexibility index (Phi) is 5.81. The zero-order chi connectivity index (χ0) is 10.5. The van der Waals surface area contributed by atoms with E-state index in [2.05, 4.69) is 36.5 Å². The number of hydrogen-bond donors (Lipinski definition) is 1. The van der Waals surface area contributed by atoms with Crippen LogP contribution in [0.1, 0.15) is 24.0 Å². The summed E-state index contributed by atoms with van der Waals surface area (Å²) in [6, 6.07) is 8.67. The highest BCUT2D eigenvalue weighted by atomic mass is 35.5. The van der Waals surface area contributed by atoms with Gasteiger partial charge >= 0.3 is 0 Å². The number of ether oxygens (including phenoxy) is 1. The van der Waals surface area contributed by atoms with Gasteiger partial charge in [0.15, 0.2) is 0 Å². The maximum Gasteiger partial charge on any atom is 0.0700 e. The van der Waals surface area contributed by atoms with E-state index in [1.165, 1.54) is 24.0 Å². The molecule has 1 aromatic carbocycles. The minimum atomic E-state index is 0. The molecule has 90 valence electrons. The van der Waals surface area contributed by atoms with Crippen molar-refractivity contribution in [3.8, 4) is 0 Å². The quantitative estimate of drug-likeness (QED) is 0.749. The second-order valence-corrected chi connectivity index (χ2v) is 4.25. The maximum atomic E-state index is 5.55. The van der Waals surface area contributed by atoms with Crippen molar-refractivity contribution in [3.05, 3.63) is 35.4 Å². The molecule has 1 aromatic rings. The van der Waals surface area contributed by atoms with Gasteiger partial charge in [0, 0.05) is 19.7 Å². The van der Waals surface area contributed by atoms with E-state index in [1.54, 1.807) is 0 Å². The van der Waals surface area contributed by atoms with Crippen molar-refractivity contribution in [1.82, 2.24) is 5.32 Å². The van der Waals surface area contributed by atoms with Crippen LogP contribution in [-0.2, 0) is 11.3 Å². The summed E-state index contributed by atoms with van der Waals surface area (Å²) in [6.45, 7) is 4.98. The number of rotatable bonds is 4. The SMILES string of the molecule is Cc1ccc(CNCC2CCCO2)cc1.[Cl-]. The Hall–Kier alpha value is -0.570. The largest absolute Gasteiger partial charge is 1.00 e. The Morgan fingerprint density at radius 3 is 2.69 bits per heavy atom. The molecule has 2 nitrogen and oxygen atoms in total. The molecule has 1 saturated heterocycles. The fourth-order valence-corrected chi connectivity index (χ4v) is 1.89. The zero-order valence-electron chi connectivity index (χ0n) is 9.71. The number of aryl methyl sites for hydroxylation is 1. The third-order valence-electron chi connectivity index (χ3n) is 2.85. The number of halogens is 1. The predicted octanol–water partition coefficient (Wildman–Crippen LogP) is -0.732. The molecule has 0 spiro atoms. The van der Waals surface area contributed by atoms with Crippen molar-refractivity contribution in [3.63, 3.8) is 0 Å². The molecular weight excluding hydrogens is 222 g/mol. The zero-order valence-corrected chi connectivity index (χ0v) is 10.5. The van der Waals surface area contributed by atoms with E-state index >= 15 is 0 Å². The lowest BCUT2D eigenvalue weighted by atomic mass is 10.1. The van der Waals surface area contributed by atoms with Gasteiger partial charge in [-0.05, 0) is 25.3 Å². The van der Waals surface area contributed by atoms with E-state index in [4.69, 9.17) is 4.74 Å². The molecule has 16 heavy (non-hydrogen) atoms. The molecule has 0 amide bonds. The predicted molar refractivity (Wildman–Crippen MR) is 61.9 cm³/mol. The first kappa shape index (κ1) is 13.5. The summed E-state index contributed by atoms with van der Waals surface area (Å²) in [5, 5.41) is 3.44. The molecule has 1 atom stereocenters. The van der Waals surface area contributed by atoms with Gasteiger partial charge in [0.2, 0.25) is 0 Å². The van der Waals surface area contributed by atoms with Crippen LogP contribution in [0.25, 0.3) is 0 Å². The summed E-state index contributed by atoms with van der Waals surface area (Å²) >= 11 is 0. The average Bonchev–Trinajstić information content (AvgIpc) is 2.74. The number of nitrogens with one attached hydrogen (secondary N) is 1. The Bertz CT molecular complexity index is 293. The van der Waals surface area contributed by atoms with Gasteiger partial charge in [-0.1, -0.05) is 29.8 Å². The number of hydrogen-bond acceptors (Lipinski definition) is 2. The van der Waals surface area contributed by atoms with Crippen LogP contribution >= 0.6 is 0 Å². The van der Waals surface area contributed by atoms with Crippen LogP contribution in [0.15, 0.2) is 24.3 Å². The summed E-state index contributed by atoms with van der Waals surface area (Å²) < 4.78 is 5.55. The first-order valence-electron chi connectivity index (χ1n) is 5.72. The van der Waals surface area contributed by atoms with E-state index in [0.29, 0.717) is 6.10 Å². The Balaban J connectivity index is 0.00000128. The second-order valence-electron chi connectivity index (χ2n) is 4.25. The van der Waals surface area contributed by atoms with Gasteiger partial charge < -0.3 is 22.5 Å². The first-order valence-corrected chi connectivity index (χ1v) is 5.72. The molecular formula is C13H19ClNO-. The first-order chi connectivity index (χ1) is 7.34.